The molecule has 0 aliphatic carbocycles. The Kier molecular flexibility index (Phi) is 3.77. The van der Waals surface area contributed by atoms with Crippen LogP contribution in [-0.2, 0) is 14.8 Å². The number of rotatable bonds is 4. The highest BCUT2D eigenvalue weighted by Crippen LogP contribution is 2.29. The molecule has 0 saturated heterocycles. The van der Waals surface area contributed by atoms with Crippen molar-refractivity contribution < 1.29 is 18.0 Å². The first-order chi connectivity index (χ1) is 8.98. The van der Waals surface area contributed by atoms with Gasteiger partial charge in [-0.05, 0) is 12.1 Å². The minimum absolute atomic E-state index is 0.0647. The number of fused-ring (bicyclic) bond motifs is 1. The molecule has 1 aliphatic heterocycles. The molecule has 0 radical (unpaired) electrons. The number of halogens is 1. The average molecular weight is 303 g/mol. The van der Waals surface area contributed by atoms with E-state index in [1.807, 2.05) is 0 Å². The fraction of sp³-hybridized carbons (Fsp3) is 0.273. The van der Waals surface area contributed by atoms with Crippen LogP contribution in [-0.4, -0.2) is 43.5 Å². The lowest BCUT2D eigenvalue weighted by Crippen LogP contribution is -2.40. The summed E-state index contributed by atoms with van der Waals surface area (Å²) in [6, 6.07) is 5.87. The zero-order valence-electron chi connectivity index (χ0n) is 9.80. The van der Waals surface area contributed by atoms with Gasteiger partial charge < -0.3 is 5.32 Å². The number of carbonyl (C=O) groups excluding carboxylic acids is 2. The number of nitrogens with zero attached hydrogens (tertiary/aromatic N) is 1. The summed E-state index contributed by atoms with van der Waals surface area (Å²) in [5.41, 5.74) is 0.0904. The van der Waals surface area contributed by atoms with E-state index in [0.29, 0.717) is 4.31 Å². The second-order valence-electron chi connectivity index (χ2n) is 3.85. The molecule has 0 aromatic heterocycles. The molecule has 0 atom stereocenters. The Labute approximate surface area is 115 Å². The molecule has 102 valence electrons. The monoisotopic (exact) mass is 302 g/mol. The Hall–Kier alpha value is -1.60. The topological polar surface area (TPSA) is 83.6 Å². The Morgan fingerprint density at radius 3 is 2.63 bits per heavy atom. The quantitative estimate of drug-likeness (QED) is 0.805. The Morgan fingerprint density at radius 1 is 1.32 bits per heavy atom. The molecule has 1 aliphatic rings. The summed E-state index contributed by atoms with van der Waals surface area (Å²) in [7, 11) is -3.93. The van der Waals surface area contributed by atoms with E-state index in [1.54, 1.807) is 6.07 Å². The molecule has 1 heterocycles. The standard InChI is InChI=1S/C11H11ClN2O4S/c12-5-6-13-10(15)7-14-11(16)8-3-1-2-4-9(8)19(14,17)18/h1-4H,5-7H2,(H,13,15). The van der Waals surface area contributed by atoms with Crippen LogP contribution in [0.15, 0.2) is 29.2 Å². The Bertz CT molecular complexity index is 629. The van der Waals surface area contributed by atoms with Gasteiger partial charge in [0, 0.05) is 12.4 Å². The molecular formula is C11H11ClN2O4S. The van der Waals surface area contributed by atoms with Crippen LogP contribution in [0.3, 0.4) is 0 Å². The molecule has 19 heavy (non-hydrogen) atoms. The van der Waals surface area contributed by atoms with Gasteiger partial charge in [0.2, 0.25) is 5.91 Å². The number of hydrogen-bond donors (Lipinski definition) is 1. The molecule has 8 heteroatoms. The van der Waals surface area contributed by atoms with Gasteiger partial charge in [-0.15, -0.1) is 11.6 Å². The van der Waals surface area contributed by atoms with E-state index in [1.165, 1.54) is 18.2 Å². The minimum atomic E-state index is -3.93. The molecule has 0 unspecified atom stereocenters. The van der Waals surface area contributed by atoms with Crippen LogP contribution in [0, 0.1) is 0 Å². The number of hydrogen-bond acceptors (Lipinski definition) is 4. The normalized spacial score (nSPS) is 16.3. The van der Waals surface area contributed by atoms with E-state index in [-0.39, 0.29) is 22.9 Å². The molecule has 0 spiro atoms. The second-order valence-corrected chi connectivity index (χ2v) is 6.06. The largest absolute Gasteiger partial charge is 0.353 e. The van der Waals surface area contributed by atoms with Gasteiger partial charge in [-0.2, -0.15) is 0 Å². The second kappa shape index (κ2) is 5.18. The highest BCUT2D eigenvalue weighted by atomic mass is 35.5. The SMILES string of the molecule is O=C(CN1C(=O)c2ccccc2S1(=O)=O)NCCCl. The van der Waals surface area contributed by atoms with Gasteiger partial charge in [-0.1, -0.05) is 12.1 Å². The van der Waals surface area contributed by atoms with Crippen molar-refractivity contribution in [2.75, 3.05) is 19.0 Å². The van der Waals surface area contributed by atoms with Crippen molar-refractivity contribution in [2.24, 2.45) is 0 Å². The predicted molar refractivity (Wildman–Crippen MR) is 68.4 cm³/mol. The third kappa shape index (κ3) is 2.43. The van der Waals surface area contributed by atoms with E-state index in [4.69, 9.17) is 11.6 Å². The van der Waals surface area contributed by atoms with Crippen LogP contribution in [0.2, 0.25) is 0 Å². The highest BCUT2D eigenvalue weighted by molar-refractivity contribution is 7.90. The van der Waals surface area contributed by atoms with E-state index in [2.05, 4.69) is 5.32 Å². The molecule has 1 aromatic carbocycles. The highest BCUT2D eigenvalue weighted by Gasteiger charge is 2.41. The zero-order valence-corrected chi connectivity index (χ0v) is 11.4. The van der Waals surface area contributed by atoms with Crippen molar-refractivity contribution in [2.45, 2.75) is 4.90 Å². The number of alkyl halides is 1. The van der Waals surface area contributed by atoms with E-state index in [9.17, 15) is 18.0 Å². The van der Waals surface area contributed by atoms with Gasteiger partial charge in [0.25, 0.3) is 15.9 Å². The van der Waals surface area contributed by atoms with Crippen molar-refractivity contribution in [3.05, 3.63) is 29.8 Å². The fourth-order valence-electron chi connectivity index (χ4n) is 1.76. The Morgan fingerprint density at radius 2 is 2.00 bits per heavy atom. The number of amides is 2. The van der Waals surface area contributed by atoms with Gasteiger partial charge in [-0.25, -0.2) is 12.7 Å². The first kappa shape index (κ1) is 13.8. The molecular weight excluding hydrogens is 292 g/mol. The maximum absolute atomic E-state index is 12.1. The molecule has 0 saturated carbocycles. The summed E-state index contributed by atoms with van der Waals surface area (Å²) < 4.78 is 24.8. The predicted octanol–water partition coefficient (Wildman–Crippen LogP) is 0.186. The third-order valence-electron chi connectivity index (χ3n) is 2.62. The molecule has 2 amide bonds. The number of benzene rings is 1. The van der Waals surface area contributed by atoms with Gasteiger partial charge in [-0.3, -0.25) is 9.59 Å². The summed E-state index contributed by atoms with van der Waals surface area (Å²) in [4.78, 5) is 23.4. The molecule has 6 nitrogen and oxygen atoms in total. The van der Waals surface area contributed by atoms with Gasteiger partial charge in [0.1, 0.15) is 11.4 Å². The lowest BCUT2D eigenvalue weighted by Gasteiger charge is -2.14. The van der Waals surface area contributed by atoms with Crippen LogP contribution < -0.4 is 5.32 Å². The summed E-state index contributed by atoms with van der Waals surface area (Å²) in [6.45, 7) is -0.317. The molecule has 0 bridgehead atoms. The third-order valence-corrected chi connectivity index (χ3v) is 4.59. The summed E-state index contributed by atoms with van der Waals surface area (Å²) in [5.74, 6) is -1.03. The van der Waals surface area contributed by atoms with Crippen molar-refractivity contribution in [3.63, 3.8) is 0 Å². The first-order valence-electron chi connectivity index (χ1n) is 5.47. The number of nitrogens with one attached hydrogen (secondary N) is 1. The van der Waals surface area contributed by atoms with Crippen LogP contribution in [0.4, 0.5) is 0 Å². The van der Waals surface area contributed by atoms with E-state index >= 15 is 0 Å². The first-order valence-corrected chi connectivity index (χ1v) is 7.44. The minimum Gasteiger partial charge on any atom is -0.353 e. The van der Waals surface area contributed by atoms with Crippen molar-refractivity contribution in [3.8, 4) is 0 Å². The molecule has 2 rings (SSSR count). The lowest BCUT2D eigenvalue weighted by atomic mass is 10.2. The average Bonchev–Trinajstić information content (AvgIpc) is 2.58. The Balaban J connectivity index is 2.26. The smallest absolute Gasteiger partial charge is 0.269 e. The van der Waals surface area contributed by atoms with Crippen LogP contribution in [0.1, 0.15) is 10.4 Å². The summed E-state index contributed by atoms with van der Waals surface area (Å²) >= 11 is 5.41. The zero-order chi connectivity index (χ0) is 14.0. The van der Waals surface area contributed by atoms with Crippen molar-refractivity contribution in [1.82, 2.24) is 9.62 Å². The van der Waals surface area contributed by atoms with Gasteiger partial charge in [0.15, 0.2) is 0 Å². The lowest BCUT2D eigenvalue weighted by molar-refractivity contribution is -0.120. The molecule has 0 fully saturated rings. The van der Waals surface area contributed by atoms with Gasteiger partial charge in [0.05, 0.1) is 5.56 Å². The van der Waals surface area contributed by atoms with E-state index in [0.717, 1.165) is 0 Å². The molecule has 1 aromatic rings. The molecule has 1 N–H and O–H groups in total. The van der Waals surface area contributed by atoms with Crippen LogP contribution in [0.5, 0.6) is 0 Å². The van der Waals surface area contributed by atoms with Crippen molar-refractivity contribution in [1.29, 1.82) is 0 Å². The number of carbonyl (C=O) groups is 2. The van der Waals surface area contributed by atoms with Crippen molar-refractivity contribution >= 4 is 33.4 Å². The van der Waals surface area contributed by atoms with Crippen LogP contribution >= 0.6 is 11.6 Å². The van der Waals surface area contributed by atoms with Crippen LogP contribution in [0.25, 0.3) is 0 Å². The summed E-state index contributed by atoms with van der Waals surface area (Å²) in [5, 5.41) is 2.42. The summed E-state index contributed by atoms with van der Waals surface area (Å²) in [6.07, 6.45) is 0. The maximum Gasteiger partial charge on any atom is 0.269 e. The number of sulfonamides is 1. The van der Waals surface area contributed by atoms with Gasteiger partial charge >= 0.3 is 0 Å². The van der Waals surface area contributed by atoms with E-state index < -0.39 is 28.4 Å². The maximum atomic E-state index is 12.1. The fourth-order valence-corrected chi connectivity index (χ4v) is 3.38.